The Bertz CT molecular complexity index is 166. The Morgan fingerprint density at radius 3 is 2.46 bits per heavy atom. The van der Waals surface area contributed by atoms with E-state index in [1.807, 2.05) is 0 Å². The van der Waals surface area contributed by atoms with Crippen molar-refractivity contribution in [1.29, 1.82) is 0 Å². The van der Waals surface area contributed by atoms with Gasteiger partial charge in [-0.1, -0.05) is 6.42 Å². The molecule has 0 amide bonds. The van der Waals surface area contributed by atoms with Crippen LogP contribution in [0.5, 0.6) is 0 Å². The lowest BCUT2D eigenvalue weighted by Crippen LogP contribution is -2.46. The third-order valence-corrected chi connectivity index (χ3v) is 2.31. The summed E-state index contributed by atoms with van der Waals surface area (Å²) in [5.74, 6) is -0.782. The number of rotatable bonds is 6. The lowest BCUT2D eigenvalue weighted by atomic mass is 9.90. The number of hydrogen-bond donors (Lipinski definition) is 3. The summed E-state index contributed by atoms with van der Waals surface area (Å²) in [5, 5.41) is 17.6. The minimum atomic E-state index is -0.782. The maximum atomic E-state index is 10.2. The molecule has 0 aromatic heterocycles. The third-order valence-electron chi connectivity index (χ3n) is 2.31. The second kappa shape index (κ2) is 5.19. The van der Waals surface area contributed by atoms with Gasteiger partial charge < -0.3 is 15.9 Å². The van der Waals surface area contributed by atoms with E-state index in [-0.39, 0.29) is 6.42 Å². The van der Waals surface area contributed by atoms with Crippen LogP contribution in [0.25, 0.3) is 0 Å². The van der Waals surface area contributed by atoms with Crippen molar-refractivity contribution in [2.45, 2.75) is 51.2 Å². The van der Waals surface area contributed by atoms with Gasteiger partial charge in [0.1, 0.15) is 0 Å². The van der Waals surface area contributed by atoms with E-state index in [1.165, 1.54) is 0 Å². The summed E-state index contributed by atoms with van der Waals surface area (Å²) >= 11 is 0. The van der Waals surface area contributed by atoms with E-state index in [4.69, 9.17) is 10.8 Å². The number of unbranched alkanes of at least 4 members (excludes halogenated alkanes) is 1. The van der Waals surface area contributed by atoms with E-state index in [9.17, 15) is 9.90 Å². The van der Waals surface area contributed by atoms with Gasteiger partial charge in [-0.15, -0.1) is 0 Å². The molecule has 4 nitrogen and oxygen atoms in total. The molecule has 0 fully saturated rings. The van der Waals surface area contributed by atoms with E-state index < -0.39 is 17.6 Å². The molecule has 0 aliphatic rings. The topological polar surface area (TPSA) is 83.5 Å². The summed E-state index contributed by atoms with van der Waals surface area (Å²) in [6.07, 6.45) is 1.63. The second-order valence-corrected chi connectivity index (χ2v) is 3.78. The molecule has 13 heavy (non-hydrogen) atoms. The fourth-order valence-electron chi connectivity index (χ4n) is 0.991. The summed E-state index contributed by atoms with van der Waals surface area (Å²) in [7, 11) is 0. The van der Waals surface area contributed by atoms with Gasteiger partial charge in [-0.3, -0.25) is 4.79 Å². The van der Waals surface area contributed by atoms with E-state index in [2.05, 4.69) is 0 Å². The average molecular weight is 189 g/mol. The second-order valence-electron chi connectivity index (χ2n) is 3.78. The summed E-state index contributed by atoms with van der Waals surface area (Å²) in [6.45, 7) is 3.43. The molecule has 4 heteroatoms. The minimum Gasteiger partial charge on any atom is -0.481 e. The highest BCUT2D eigenvalue weighted by Gasteiger charge is 2.23. The lowest BCUT2D eigenvalue weighted by Gasteiger charge is -2.27. The monoisotopic (exact) mass is 189 g/mol. The molecule has 0 aromatic carbocycles. The third kappa shape index (κ3) is 5.60. The van der Waals surface area contributed by atoms with Crippen molar-refractivity contribution >= 4 is 5.97 Å². The standard InChI is InChI=1S/C9H19NO3/c1-7(11)9(2,10)6-4-3-5-8(12)13/h7,11H,3-6,10H2,1-2H3,(H,12,13). The predicted molar refractivity (Wildman–Crippen MR) is 50.4 cm³/mol. The van der Waals surface area contributed by atoms with Crippen LogP contribution in [0.4, 0.5) is 0 Å². The summed E-state index contributed by atoms with van der Waals surface area (Å²) in [4.78, 5) is 10.2. The first-order valence-corrected chi connectivity index (χ1v) is 4.55. The van der Waals surface area contributed by atoms with Gasteiger partial charge in [0.15, 0.2) is 0 Å². The van der Waals surface area contributed by atoms with Gasteiger partial charge in [0.25, 0.3) is 0 Å². The van der Waals surface area contributed by atoms with Gasteiger partial charge in [0, 0.05) is 12.0 Å². The molecule has 0 heterocycles. The maximum Gasteiger partial charge on any atom is 0.303 e. The Morgan fingerprint density at radius 2 is 2.08 bits per heavy atom. The molecule has 2 atom stereocenters. The molecule has 0 aromatic rings. The van der Waals surface area contributed by atoms with Crippen molar-refractivity contribution < 1.29 is 15.0 Å². The van der Waals surface area contributed by atoms with Crippen LogP contribution in [-0.4, -0.2) is 27.8 Å². The van der Waals surface area contributed by atoms with Crippen LogP contribution in [0.3, 0.4) is 0 Å². The van der Waals surface area contributed by atoms with Crippen molar-refractivity contribution in [3.63, 3.8) is 0 Å². The molecule has 0 aliphatic carbocycles. The van der Waals surface area contributed by atoms with Crippen molar-refractivity contribution in [3.8, 4) is 0 Å². The molecule has 0 bridgehead atoms. The van der Waals surface area contributed by atoms with E-state index in [0.717, 1.165) is 6.42 Å². The zero-order valence-electron chi connectivity index (χ0n) is 8.29. The zero-order chi connectivity index (χ0) is 10.5. The highest BCUT2D eigenvalue weighted by atomic mass is 16.4. The van der Waals surface area contributed by atoms with Crippen molar-refractivity contribution in [1.82, 2.24) is 0 Å². The first-order valence-electron chi connectivity index (χ1n) is 4.55. The number of carboxylic acids is 1. The first kappa shape index (κ1) is 12.4. The lowest BCUT2D eigenvalue weighted by molar-refractivity contribution is -0.137. The molecule has 0 saturated carbocycles. The predicted octanol–water partition coefficient (Wildman–Crippen LogP) is 0.730. The van der Waals surface area contributed by atoms with Crippen LogP contribution in [0, 0.1) is 0 Å². The Labute approximate surface area is 78.7 Å². The summed E-state index contributed by atoms with van der Waals surface area (Å²) < 4.78 is 0. The summed E-state index contributed by atoms with van der Waals surface area (Å²) in [6, 6.07) is 0. The highest BCUT2D eigenvalue weighted by Crippen LogP contribution is 2.15. The van der Waals surface area contributed by atoms with Crippen LogP contribution in [-0.2, 0) is 4.79 Å². The van der Waals surface area contributed by atoms with Crippen molar-refractivity contribution in [2.75, 3.05) is 0 Å². The summed E-state index contributed by atoms with van der Waals surface area (Å²) in [5.41, 5.74) is 5.18. The average Bonchev–Trinajstić information content (AvgIpc) is 1.97. The Balaban J connectivity index is 3.58. The number of nitrogens with two attached hydrogens (primary N) is 1. The molecular weight excluding hydrogens is 170 g/mol. The molecule has 0 radical (unpaired) electrons. The van der Waals surface area contributed by atoms with Crippen LogP contribution < -0.4 is 5.73 Å². The Kier molecular flexibility index (Phi) is 4.95. The fraction of sp³-hybridized carbons (Fsp3) is 0.889. The molecule has 0 rings (SSSR count). The van der Waals surface area contributed by atoms with Crippen molar-refractivity contribution in [2.24, 2.45) is 5.73 Å². The number of hydrogen-bond acceptors (Lipinski definition) is 3. The van der Waals surface area contributed by atoms with Crippen LogP contribution in [0.1, 0.15) is 39.5 Å². The molecular formula is C9H19NO3. The maximum absolute atomic E-state index is 10.2. The van der Waals surface area contributed by atoms with Gasteiger partial charge in [-0.25, -0.2) is 0 Å². The number of aliphatic hydroxyl groups excluding tert-OH is 1. The normalized spacial score (nSPS) is 17.8. The van der Waals surface area contributed by atoms with Gasteiger partial charge in [-0.05, 0) is 26.7 Å². The molecule has 2 unspecified atom stereocenters. The number of aliphatic hydroxyl groups is 1. The number of aliphatic carboxylic acids is 1. The Morgan fingerprint density at radius 1 is 1.54 bits per heavy atom. The number of carboxylic acid groups (broad SMARTS) is 1. The quantitative estimate of drug-likeness (QED) is 0.538. The highest BCUT2D eigenvalue weighted by molar-refractivity contribution is 5.66. The molecule has 4 N–H and O–H groups in total. The van der Waals surface area contributed by atoms with Crippen LogP contribution in [0.15, 0.2) is 0 Å². The number of carbonyl (C=O) groups is 1. The van der Waals surface area contributed by atoms with E-state index >= 15 is 0 Å². The van der Waals surface area contributed by atoms with Crippen LogP contribution >= 0.6 is 0 Å². The molecule has 78 valence electrons. The molecule has 0 aliphatic heterocycles. The minimum absolute atomic E-state index is 0.176. The van der Waals surface area contributed by atoms with E-state index in [1.54, 1.807) is 13.8 Å². The van der Waals surface area contributed by atoms with Gasteiger partial charge in [-0.2, -0.15) is 0 Å². The molecule has 0 saturated heterocycles. The first-order chi connectivity index (χ1) is 5.86. The van der Waals surface area contributed by atoms with E-state index in [0.29, 0.717) is 12.8 Å². The Hall–Kier alpha value is -0.610. The van der Waals surface area contributed by atoms with Gasteiger partial charge in [0.2, 0.25) is 0 Å². The van der Waals surface area contributed by atoms with Crippen LogP contribution in [0.2, 0.25) is 0 Å². The zero-order valence-corrected chi connectivity index (χ0v) is 8.29. The largest absolute Gasteiger partial charge is 0.481 e. The van der Waals surface area contributed by atoms with Crippen molar-refractivity contribution in [3.05, 3.63) is 0 Å². The SMILES string of the molecule is CC(O)C(C)(N)CCCCC(=O)O. The molecule has 0 spiro atoms. The van der Waals surface area contributed by atoms with Gasteiger partial charge >= 0.3 is 5.97 Å². The van der Waals surface area contributed by atoms with Gasteiger partial charge in [0.05, 0.1) is 6.10 Å². The fourth-order valence-corrected chi connectivity index (χ4v) is 0.991. The smallest absolute Gasteiger partial charge is 0.303 e.